The molecule has 250 valence electrons. The van der Waals surface area contributed by atoms with E-state index < -0.39 is 0 Å². The lowest BCUT2D eigenvalue weighted by molar-refractivity contribution is -0.383. The highest BCUT2D eigenvalue weighted by Crippen LogP contribution is 2.41. The molecule has 11 nitrogen and oxygen atoms in total. The number of rotatable bonds is 11. The Bertz CT molecular complexity index is 2050. The summed E-state index contributed by atoms with van der Waals surface area (Å²) in [7, 11) is 0. The minimum absolute atomic E-state index is 0.0222. The molecule has 3 aliphatic heterocycles. The van der Waals surface area contributed by atoms with Crippen LogP contribution < -0.4 is 15.5 Å². The number of allylic oxidation sites excluding steroid dienone is 1. The van der Waals surface area contributed by atoms with Crippen LogP contribution in [0.5, 0.6) is 0 Å². The molecule has 0 bridgehead atoms. The van der Waals surface area contributed by atoms with Gasteiger partial charge in [0.15, 0.2) is 5.78 Å². The third kappa shape index (κ3) is 5.72. The second kappa shape index (κ2) is 13.1. The number of non-ortho nitro benzene ring substituents is 1. The van der Waals surface area contributed by atoms with Gasteiger partial charge in [-0.25, -0.2) is 4.98 Å². The number of hydrogen-bond acceptors (Lipinski definition) is 10. The van der Waals surface area contributed by atoms with Crippen molar-refractivity contribution < 1.29 is 9.72 Å². The van der Waals surface area contributed by atoms with E-state index in [-0.39, 0.29) is 28.5 Å². The minimum atomic E-state index is -0.313. The largest absolute Gasteiger partial charge is 0.385 e. The molecule has 1 aliphatic carbocycles. The molecule has 0 saturated carbocycles. The number of fused-ring (bicyclic) bond motifs is 4. The number of carbonyl (C=O) groups is 1. The van der Waals surface area contributed by atoms with Crippen molar-refractivity contribution in [3.8, 4) is 0 Å². The first kappa shape index (κ1) is 31.2. The molecular formula is C38H40N8O3. The summed E-state index contributed by atoms with van der Waals surface area (Å²) in [4.78, 5) is 41.8. The van der Waals surface area contributed by atoms with Crippen LogP contribution in [0.1, 0.15) is 28.8 Å². The van der Waals surface area contributed by atoms with Gasteiger partial charge in [-0.3, -0.25) is 19.9 Å². The van der Waals surface area contributed by atoms with Crippen LogP contribution in [-0.2, 0) is 0 Å². The third-order valence-corrected chi connectivity index (χ3v) is 10.3. The van der Waals surface area contributed by atoms with E-state index in [1.54, 1.807) is 12.1 Å². The molecule has 0 amide bonds. The van der Waals surface area contributed by atoms with E-state index in [1.165, 1.54) is 0 Å². The highest BCUT2D eigenvalue weighted by Gasteiger charge is 2.44. The highest BCUT2D eigenvalue weighted by molar-refractivity contribution is 6.19. The first-order valence-corrected chi connectivity index (χ1v) is 17.2. The molecule has 3 aromatic carbocycles. The maximum atomic E-state index is 13.6. The first-order valence-electron chi connectivity index (χ1n) is 17.2. The Morgan fingerprint density at radius 2 is 1.63 bits per heavy atom. The maximum absolute atomic E-state index is 13.6. The number of Topliss-reactive ketones (excluding diaryl/α,β-unsaturated/α-hetero) is 1. The number of aromatic nitrogens is 1. The molecule has 8 rings (SSSR count). The molecule has 4 heterocycles. The molecule has 49 heavy (non-hydrogen) atoms. The van der Waals surface area contributed by atoms with Crippen molar-refractivity contribution in [1.29, 1.82) is 0 Å². The normalized spacial score (nSPS) is 20.3. The molecule has 0 spiro atoms. The summed E-state index contributed by atoms with van der Waals surface area (Å²) in [5.41, 5.74) is 6.72. The lowest BCUT2D eigenvalue weighted by Crippen LogP contribution is -2.47. The third-order valence-electron chi connectivity index (χ3n) is 10.3. The van der Waals surface area contributed by atoms with E-state index in [4.69, 9.17) is 4.98 Å². The number of hydrogen-bond donors (Lipinski definition) is 2. The van der Waals surface area contributed by atoms with Crippen LogP contribution in [0.3, 0.4) is 0 Å². The lowest BCUT2D eigenvalue weighted by atomic mass is 9.83. The molecule has 2 unspecified atom stereocenters. The van der Waals surface area contributed by atoms with Crippen LogP contribution in [0.15, 0.2) is 89.1 Å². The second-order valence-corrected chi connectivity index (χ2v) is 13.3. The number of carbonyl (C=O) groups excluding carboxylic acids is 1. The van der Waals surface area contributed by atoms with Crippen molar-refractivity contribution in [2.45, 2.75) is 31.8 Å². The topological polar surface area (TPSA) is 119 Å². The minimum Gasteiger partial charge on any atom is -0.385 e. The van der Waals surface area contributed by atoms with Gasteiger partial charge in [-0.2, -0.15) is 0 Å². The van der Waals surface area contributed by atoms with Gasteiger partial charge in [0.1, 0.15) is 5.39 Å². The van der Waals surface area contributed by atoms with E-state index in [2.05, 4.69) is 36.4 Å². The highest BCUT2D eigenvalue weighted by atomic mass is 16.6. The van der Waals surface area contributed by atoms with Gasteiger partial charge in [-0.15, -0.1) is 0 Å². The number of aryl methyl sites for hydroxylation is 1. The first-order chi connectivity index (χ1) is 24.0. The summed E-state index contributed by atoms with van der Waals surface area (Å²) < 4.78 is 0. The van der Waals surface area contributed by atoms with E-state index >= 15 is 0 Å². The molecule has 2 atom stereocenters. The van der Waals surface area contributed by atoms with Crippen LogP contribution in [0.4, 0.5) is 17.1 Å². The zero-order chi connectivity index (χ0) is 33.5. The monoisotopic (exact) mass is 656 g/mol. The number of para-hydroxylation sites is 2. The van der Waals surface area contributed by atoms with Gasteiger partial charge < -0.3 is 25.3 Å². The Morgan fingerprint density at radius 3 is 2.41 bits per heavy atom. The van der Waals surface area contributed by atoms with Gasteiger partial charge in [0.25, 0.3) is 5.69 Å². The van der Waals surface area contributed by atoms with Gasteiger partial charge in [-0.05, 0) is 62.7 Å². The second-order valence-electron chi connectivity index (χ2n) is 13.3. The zero-order valence-electron chi connectivity index (χ0n) is 27.6. The summed E-state index contributed by atoms with van der Waals surface area (Å²) in [5.74, 6) is 0.101. The molecule has 4 aromatic rings. The Hall–Kier alpha value is -5.13. The Kier molecular flexibility index (Phi) is 8.30. The van der Waals surface area contributed by atoms with Crippen LogP contribution in [0.2, 0.25) is 0 Å². The standard InChI is InChI=1S/C38H40N8O3/c1-25-12-15-32(46(48)49)34-35(25)42-28-10-4-2-8-26(28)36(34)40-17-7-19-44-22-20-43(21-23-44)18-6-16-39-29-13-14-30-37-33(29)38(47)27-9-3-5-11-31(27)45(37)24-41-30/h2-5,8-15,24,30,37,39H,6-7,16-23H2,1H3,(H,40,42). The number of anilines is 2. The van der Waals surface area contributed by atoms with Crippen molar-refractivity contribution in [1.82, 2.24) is 20.1 Å². The van der Waals surface area contributed by atoms with Crippen molar-refractivity contribution in [3.05, 3.63) is 105 Å². The average Bonchev–Trinajstić information content (AvgIpc) is 3.56. The predicted octanol–water partition coefficient (Wildman–Crippen LogP) is 5.31. The molecule has 11 heteroatoms. The van der Waals surface area contributed by atoms with Gasteiger partial charge in [0, 0.05) is 67.6 Å². The number of nitrogens with one attached hydrogen (secondary N) is 2. The fourth-order valence-corrected chi connectivity index (χ4v) is 7.76. The zero-order valence-corrected chi connectivity index (χ0v) is 27.6. The smallest absolute Gasteiger partial charge is 0.280 e. The predicted molar refractivity (Wildman–Crippen MR) is 195 cm³/mol. The van der Waals surface area contributed by atoms with E-state index in [0.29, 0.717) is 17.4 Å². The number of aliphatic imine (C=N–C) groups is 1. The van der Waals surface area contributed by atoms with Gasteiger partial charge in [0.2, 0.25) is 0 Å². The van der Waals surface area contributed by atoms with Crippen molar-refractivity contribution in [3.63, 3.8) is 0 Å². The number of nitro groups is 1. The summed E-state index contributed by atoms with van der Waals surface area (Å²) in [6, 6.07) is 18.9. The number of nitrogens with zero attached hydrogens (tertiary/aromatic N) is 6. The molecule has 4 aliphatic rings. The van der Waals surface area contributed by atoms with Crippen LogP contribution >= 0.6 is 0 Å². The van der Waals surface area contributed by atoms with E-state index in [1.807, 2.05) is 67.9 Å². The molecule has 1 fully saturated rings. The van der Waals surface area contributed by atoms with Gasteiger partial charge >= 0.3 is 0 Å². The summed E-state index contributed by atoms with van der Waals surface area (Å²) >= 11 is 0. The number of ketones is 1. The Labute approximate surface area is 285 Å². The quantitative estimate of drug-likeness (QED) is 0.0959. The van der Waals surface area contributed by atoms with Gasteiger partial charge in [0.05, 0.1) is 45.8 Å². The number of piperazine rings is 1. The van der Waals surface area contributed by atoms with E-state index in [0.717, 1.165) is 103 Å². The fraction of sp³-hybridized carbons (Fsp3) is 0.342. The fourth-order valence-electron chi connectivity index (χ4n) is 7.76. The lowest BCUT2D eigenvalue weighted by Gasteiger charge is -2.37. The maximum Gasteiger partial charge on any atom is 0.280 e. The van der Waals surface area contributed by atoms with Gasteiger partial charge in [-0.1, -0.05) is 42.5 Å². The summed E-state index contributed by atoms with van der Waals surface area (Å²) in [6.07, 6.45) is 7.95. The molecular weight excluding hydrogens is 616 g/mol. The van der Waals surface area contributed by atoms with Crippen molar-refractivity contribution in [2.75, 3.05) is 62.6 Å². The van der Waals surface area contributed by atoms with Crippen LogP contribution in [0.25, 0.3) is 21.8 Å². The molecule has 1 saturated heterocycles. The number of pyridine rings is 1. The number of benzene rings is 3. The number of nitro benzene ring substituents is 1. The molecule has 0 radical (unpaired) electrons. The summed E-state index contributed by atoms with van der Waals surface area (Å²) in [5, 5.41) is 20.6. The van der Waals surface area contributed by atoms with Crippen LogP contribution in [-0.4, -0.2) is 96.3 Å². The molecule has 2 N–H and O–H groups in total. The SMILES string of the molecule is Cc1ccc([N+](=O)[O-])c2c(NCCCN3CCN(CCCNC4=C5C(=O)c6ccccc6N6C=NC(C=C4)C56)CC3)c3ccccc3nc12. The molecule has 1 aromatic heterocycles. The average molecular weight is 657 g/mol. The Balaban J connectivity index is 0.824. The van der Waals surface area contributed by atoms with Crippen molar-refractivity contribution >= 4 is 51.0 Å². The van der Waals surface area contributed by atoms with E-state index in [9.17, 15) is 14.9 Å². The van der Waals surface area contributed by atoms with Crippen LogP contribution in [0, 0.1) is 17.0 Å². The Morgan fingerprint density at radius 1 is 0.918 bits per heavy atom. The summed E-state index contributed by atoms with van der Waals surface area (Å²) in [6.45, 7) is 9.53. The van der Waals surface area contributed by atoms with Crippen molar-refractivity contribution in [2.24, 2.45) is 4.99 Å².